The van der Waals surface area contributed by atoms with E-state index in [9.17, 15) is 9.90 Å². The summed E-state index contributed by atoms with van der Waals surface area (Å²) < 4.78 is 0. The Balaban J connectivity index is 1.97. The fraction of sp³-hybridized carbons (Fsp3) is 0.500. The fourth-order valence-corrected chi connectivity index (χ4v) is 3.80. The van der Waals surface area contributed by atoms with Gasteiger partial charge in [0.1, 0.15) is 0 Å². The van der Waals surface area contributed by atoms with E-state index in [1.165, 1.54) is 5.56 Å². The van der Waals surface area contributed by atoms with E-state index in [4.69, 9.17) is 0 Å². The number of rotatable bonds is 5. The molecule has 1 aliphatic rings. The van der Waals surface area contributed by atoms with Gasteiger partial charge >= 0.3 is 0 Å². The quantitative estimate of drug-likeness (QED) is 0.820. The Morgan fingerprint density at radius 1 is 1.32 bits per heavy atom. The molecule has 1 aliphatic heterocycles. The summed E-state index contributed by atoms with van der Waals surface area (Å²) in [6, 6.07) is 8.20. The van der Waals surface area contributed by atoms with Crippen molar-refractivity contribution in [3.05, 3.63) is 41.5 Å². The van der Waals surface area contributed by atoms with Crippen molar-refractivity contribution in [3.8, 4) is 0 Å². The van der Waals surface area contributed by atoms with Gasteiger partial charge in [-0.05, 0) is 48.8 Å². The van der Waals surface area contributed by atoms with E-state index in [-0.39, 0.29) is 5.91 Å². The number of hydrogen-bond donors (Lipinski definition) is 2. The molecule has 2 N–H and O–H groups in total. The maximum Gasteiger partial charge on any atom is 0.244 e. The Labute approximate surface area is 137 Å². The van der Waals surface area contributed by atoms with Gasteiger partial charge < -0.3 is 10.4 Å². The molecule has 0 aromatic heterocycles. The van der Waals surface area contributed by atoms with Crippen molar-refractivity contribution in [1.82, 2.24) is 5.32 Å². The Morgan fingerprint density at radius 3 is 2.55 bits per heavy atom. The number of thioether (sulfide) groups is 1. The molecule has 1 aromatic carbocycles. The predicted molar refractivity (Wildman–Crippen MR) is 94.0 cm³/mol. The zero-order chi connectivity index (χ0) is 16.0. The largest absolute Gasteiger partial charge is 0.388 e. The molecule has 0 atom stereocenters. The van der Waals surface area contributed by atoms with Crippen LogP contribution in [0.1, 0.15) is 37.3 Å². The Morgan fingerprint density at radius 2 is 1.95 bits per heavy atom. The van der Waals surface area contributed by atoms with Gasteiger partial charge in [0.05, 0.1) is 5.60 Å². The number of carbonyl (C=O) groups is 1. The lowest BCUT2D eigenvalue weighted by molar-refractivity contribution is -0.117. The van der Waals surface area contributed by atoms with Crippen molar-refractivity contribution >= 4 is 23.2 Å². The number of amides is 1. The Bertz CT molecular complexity index is 531. The minimum atomic E-state index is -0.731. The van der Waals surface area contributed by atoms with Crippen LogP contribution in [-0.2, 0) is 4.79 Å². The molecule has 1 saturated heterocycles. The zero-order valence-corrected chi connectivity index (χ0v) is 14.2. The van der Waals surface area contributed by atoms with E-state index >= 15 is 0 Å². The number of aliphatic hydroxyl groups is 1. The third-order valence-electron chi connectivity index (χ3n) is 4.12. The maximum atomic E-state index is 12.1. The van der Waals surface area contributed by atoms with Gasteiger partial charge in [0.25, 0.3) is 0 Å². The molecule has 3 nitrogen and oxygen atoms in total. The molecule has 22 heavy (non-hydrogen) atoms. The third kappa shape index (κ3) is 4.89. The van der Waals surface area contributed by atoms with Crippen LogP contribution in [0.4, 0.5) is 0 Å². The molecule has 0 saturated carbocycles. The van der Waals surface area contributed by atoms with Crippen molar-refractivity contribution in [2.75, 3.05) is 18.1 Å². The van der Waals surface area contributed by atoms with Gasteiger partial charge in [-0.1, -0.05) is 36.8 Å². The van der Waals surface area contributed by atoms with E-state index in [2.05, 4.69) is 24.4 Å². The molecule has 0 radical (unpaired) electrons. The summed E-state index contributed by atoms with van der Waals surface area (Å²) in [5.41, 5.74) is 2.58. The first kappa shape index (κ1) is 17.1. The third-order valence-corrected chi connectivity index (χ3v) is 5.11. The number of benzene rings is 1. The van der Waals surface area contributed by atoms with Crippen LogP contribution >= 0.6 is 11.8 Å². The number of aryl methyl sites for hydroxylation is 1. The van der Waals surface area contributed by atoms with Crippen molar-refractivity contribution in [3.63, 3.8) is 0 Å². The summed E-state index contributed by atoms with van der Waals surface area (Å²) >= 11 is 1.86. The smallest absolute Gasteiger partial charge is 0.244 e. The minimum absolute atomic E-state index is 0.121. The van der Waals surface area contributed by atoms with Gasteiger partial charge in [0.15, 0.2) is 0 Å². The van der Waals surface area contributed by atoms with Crippen molar-refractivity contribution in [2.24, 2.45) is 0 Å². The minimum Gasteiger partial charge on any atom is -0.388 e. The lowest BCUT2D eigenvalue weighted by Crippen LogP contribution is -2.45. The van der Waals surface area contributed by atoms with Crippen LogP contribution < -0.4 is 5.32 Å². The fourth-order valence-electron chi connectivity index (χ4n) is 2.55. The second-order valence-electron chi connectivity index (χ2n) is 5.94. The maximum absolute atomic E-state index is 12.1. The van der Waals surface area contributed by atoms with Crippen LogP contribution in [0, 0.1) is 6.92 Å². The van der Waals surface area contributed by atoms with Crippen molar-refractivity contribution in [1.29, 1.82) is 0 Å². The van der Waals surface area contributed by atoms with E-state index in [1.807, 2.05) is 30.8 Å². The van der Waals surface area contributed by atoms with E-state index in [0.29, 0.717) is 6.54 Å². The van der Waals surface area contributed by atoms with Gasteiger partial charge in [-0.25, -0.2) is 0 Å². The van der Waals surface area contributed by atoms with E-state index in [0.717, 1.165) is 41.9 Å². The van der Waals surface area contributed by atoms with Crippen molar-refractivity contribution < 1.29 is 9.90 Å². The van der Waals surface area contributed by atoms with E-state index in [1.54, 1.807) is 6.08 Å². The van der Waals surface area contributed by atoms with E-state index < -0.39 is 5.60 Å². The molecule has 1 amide bonds. The highest BCUT2D eigenvalue weighted by Gasteiger charge is 2.29. The number of carbonyl (C=O) groups excluding carboxylic acids is 1. The van der Waals surface area contributed by atoms with Gasteiger partial charge in [-0.15, -0.1) is 0 Å². The summed E-state index contributed by atoms with van der Waals surface area (Å²) in [6.07, 6.45) is 3.96. The average Bonchev–Trinajstić information content (AvgIpc) is 2.52. The van der Waals surface area contributed by atoms with Crippen LogP contribution in [0.15, 0.2) is 30.3 Å². The first-order valence-electron chi connectivity index (χ1n) is 7.88. The summed E-state index contributed by atoms with van der Waals surface area (Å²) in [7, 11) is 0. The topological polar surface area (TPSA) is 49.3 Å². The van der Waals surface area contributed by atoms with Crippen LogP contribution in [0.25, 0.3) is 5.57 Å². The van der Waals surface area contributed by atoms with Gasteiger partial charge in [0.2, 0.25) is 5.91 Å². The molecule has 1 aromatic rings. The molecule has 120 valence electrons. The molecule has 0 aliphatic carbocycles. The average molecular weight is 319 g/mol. The van der Waals surface area contributed by atoms with Crippen LogP contribution in [0.3, 0.4) is 0 Å². The number of nitrogens with one attached hydrogen (secondary N) is 1. The number of hydrogen-bond acceptors (Lipinski definition) is 3. The van der Waals surface area contributed by atoms with Crippen LogP contribution in [0.2, 0.25) is 0 Å². The first-order chi connectivity index (χ1) is 10.5. The highest BCUT2D eigenvalue weighted by molar-refractivity contribution is 7.99. The monoisotopic (exact) mass is 319 g/mol. The summed E-state index contributed by atoms with van der Waals surface area (Å²) in [5.74, 6) is 1.81. The van der Waals surface area contributed by atoms with Gasteiger partial charge in [-0.3, -0.25) is 4.79 Å². The Kier molecular flexibility index (Phi) is 6.09. The molecule has 0 unspecified atom stereocenters. The number of allylic oxidation sites excluding steroid dienone is 1. The predicted octanol–water partition coefficient (Wildman–Crippen LogP) is 3.16. The first-order valence-corrected chi connectivity index (χ1v) is 9.03. The van der Waals surface area contributed by atoms with Gasteiger partial charge in [-0.2, -0.15) is 11.8 Å². The Hall–Kier alpha value is -1.26. The highest BCUT2D eigenvalue weighted by Crippen LogP contribution is 2.26. The summed E-state index contributed by atoms with van der Waals surface area (Å²) in [6.45, 7) is 4.44. The zero-order valence-electron chi connectivity index (χ0n) is 13.4. The molecule has 1 heterocycles. The molecule has 2 rings (SSSR count). The molecule has 0 spiro atoms. The molecular formula is C18H25NO2S. The molecule has 4 heteroatoms. The summed E-state index contributed by atoms with van der Waals surface area (Å²) in [4.78, 5) is 12.1. The molecule has 1 fully saturated rings. The van der Waals surface area contributed by atoms with Crippen LogP contribution in [0.5, 0.6) is 0 Å². The molecule has 0 bridgehead atoms. The normalized spacial score (nSPS) is 18.0. The second kappa shape index (κ2) is 7.84. The summed E-state index contributed by atoms with van der Waals surface area (Å²) in [5, 5.41) is 13.3. The lowest BCUT2D eigenvalue weighted by Gasteiger charge is -2.31. The highest BCUT2D eigenvalue weighted by atomic mass is 32.2. The lowest BCUT2D eigenvalue weighted by atomic mass is 9.96. The standard InChI is InChI=1S/C18H25NO2S/c1-3-15(16-6-4-14(2)5-7-16)12-17(20)19-13-18(21)8-10-22-11-9-18/h4-7,12,21H,3,8-11,13H2,1-2H3,(H,19,20). The van der Waals surface area contributed by atoms with Crippen molar-refractivity contribution in [2.45, 2.75) is 38.7 Å². The molecular weight excluding hydrogens is 294 g/mol. The van der Waals surface area contributed by atoms with Crippen LogP contribution in [-0.4, -0.2) is 34.7 Å². The SMILES string of the molecule is CCC(=CC(=O)NCC1(O)CCSCC1)c1ccc(C)cc1. The second-order valence-corrected chi connectivity index (χ2v) is 7.17. The van der Waals surface area contributed by atoms with Gasteiger partial charge in [0, 0.05) is 12.6 Å².